The molecule has 15 heavy (non-hydrogen) atoms. The van der Waals surface area contributed by atoms with Crippen LogP contribution < -0.4 is 10.2 Å². The number of hydrogen-bond acceptors (Lipinski definition) is 5. The molecule has 0 saturated carbocycles. The lowest BCUT2D eigenvalue weighted by atomic mass is 10.4. The summed E-state index contributed by atoms with van der Waals surface area (Å²) in [5.41, 5.74) is 0. The molecular weight excluding hydrogens is 214 g/mol. The average molecular weight is 230 g/mol. The Bertz CT molecular complexity index is 317. The van der Waals surface area contributed by atoms with Gasteiger partial charge in [-0.05, 0) is 24.9 Å². The topological polar surface area (TPSA) is 53.9 Å². The molecule has 0 unspecified atom stereocenters. The van der Waals surface area contributed by atoms with E-state index < -0.39 is 0 Å². The van der Waals surface area contributed by atoms with Crippen LogP contribution >= 0.6 is 11.6 Å². The van der Waals surface area contributed by atoms with Gasteiger partial charge in [0, 0.05) is 20.1 Å². The monoisotopic (exact) mass is 229 g/mol. The van der Waals surface area contributed by atoms with Crippen molar-refractivity contribution in [1.29, 1.82) is 0 Å². The van der Waals surface area contributed by atoms with Crippen molar-refractivity contribution in [1.82, 2.24) is 15.0 Å². The summed E-state index contributed by atoms with van der Waals surface area (Å²) in [5, 5.41) is 3.23. The van der Waals surface area contributed by atoms with Crippen molar-refractivity contribution in [2.75, 3.05) is 30.4 Å². The Balaban J connectivity index is 2.87. The molecule has 1 heterocycles. The van der Waals surface area contributed by atoms with Crippen molar-refractivity contribution in [2.24, 2.45) is 0 Å². The number of nitrogens with zero attached hydrogens (tertiary/aromatic N) is 4. The minimum atomic E-state index is 0.221. The third-order valence-corrected chi connectivity index (χ3v) is 2.00. The van der Waals surface area contributed by atoms with Gasteiger partial charge in [0.2, 0.25) is 17.2 Å². The fourth-order valence-electron chi connectivity index (χ4n) is 1.18. The first-order valence-corrected chi connectivity index (χ1v) is 5.41. The van der Waals surface area contributed by atoms with E-state index in [1.165, 1.54) is 0 Å². The van der Waals surface area contributed by atoms with E-state index in [1.807, 2.05) is 18.9 Å². The van der Waals surface area contributed by atoms with Gasteiger partial charge in [-0.15, -0.1) is 0 Å². The van der Waals surface area contributed by atoms with Crippen LogP contribution in [0.4, 0.5) is 11.9 Å². The molecule has 0 aliphatic carbocycles. The number of hydrogen-bond donors (Lipinski definition) is 1. The second-order valence-electron chi connectivity index (χ2n) is 3.18. The van der Waals surface area contributed by atoms with Gasteiger partial charge in [-0.3, -0.25) is 0 Å². The van der Waals surface area contributed by atoms with Crippen molar-refractivity contribution < 1.29 is 0 Å². The highest BCUT2D eigenvalue weighted by Gasteiger charge is 2.07. The maximum absolute atomic E-state index is 5.80. The van der Waals surface area contributed by atoms with Crippen molar-refractivity contribution in [3.05, 3.63) is 5.28 Å². The molecule has 0 atom stereocenters. The Morgan fingerprint density at radius 2 is 2.00 bits per heavy atom. The second-order valence-corrected chi connectivity index (χ2v) is 3.52. The molecule has 0 saturated heterocycles. The number of nitrogens with one attached hydrogen (secondary N) is 1. The average Bonchev–Trinajstić information content (AvgIpc) is 2.17. The molecule has 6 heteroatoms. The molecule has 0 fully saturated rings. The lowest BCUT2D eigenvalue weighted by Gasteiger charge is -2.16. The van der Waals surface area contributed by atoms with Gasteiger partial charge in [0.05, 0.1) is 0 Å². The number of halogens is 1. The quantitative estimate of drug-likeness (QED) is 0.835. The Morgan fingerprint density at radius 1 is 1.27 bits per heavy atom. The van der Waals surface area contributed by atoms with E-state index in [1.54, 1.807) is 0 Å². The Morgan fingerprint density at radius 3 is 2.60 bits per heavy atom. The van der Waals surface area contributed by atoms with Crippen molar-refractivity contribution in [3.63, 3.8) is 0 Å². The molecule has 1 aromatic rings. The zero-order valence-corrected chi connectivity index (χ0v) is 10.0. The van der Waals surface area contributed by atoms with E-state index in [0.29, 0.717) is 11.9 Å². The molecule has 5 nitrogen and oxygen atoms in total. The van der Waals surface area contributed by atoms with Crippen LogP contribution in [0.3, 0.4) is 0 Å². The zero-order valence-electron chi connectivity index (χ0n) is 9.29. The van der Waals surface area contributed by atoms with Crippen molar-refractivity contribution >= 4 is 23.5 Å². The Labute approximate surface area is 94.9 Å². The number of anilines is 2. The summed E-state index contributed by atoms with van der Waals surface area (Å²) in [6.45, 7) is 5.74. The van der Waals surface area contributed by atoms with Crippen LogP contribution in [0.1, 0.15) is 20.3 Å². The molecule has 0 aromatic carbocycles. The largest absolute Gasteiger partial charge is 0.354 e. The molecule has 84 valence electrons. The highest BCUT2D eigenvalue weighted by Crippen LogP contribution is 2.12. The van der Waals surface area contributed by atoms with Gasteiger partial charge < -0.3 is 10.2 Å². The SMILES string of the molecule is CCCN(C)c1nc(Cl)nc(NCC)n1. The molecule has 0 radical (unpaired) electrons. The molecule has 0 spiro atoms. The van der Waals surface area contributed by atoms with Crippen molar-refractivity contribution in [2.45, 2.75) is 20.3 Å². The lowest BCUT2D eigenvalue weighted by molar-refractivity contribution is 0.811. The smallest absolute Gasteiger partial charge is 0.231 e. The molecule has 1 aromatic heterocycles. The van der Waals surface area contributed by atoms with E-state index in [4.69, 9.17) is 11.6 Å². The summed E-state index contributed by atoms with van der Waals surface area (Å²) in [5.74, 6) is 1.13. The first-order valence-electron chi connectivity index (χ1n) is 5.04. The van der Waals surface area contributed by atoms with E-state index >= 15 is 0 Å². The first-order chi connectivity index (χ1) is 7.17. The first kappa shape index (κ1) is 12.0. The van der Waals surface area contributed by atoms with Crippen molar-refractivity contribution in [3.8, 4) is 0 Å². The molecular formula is C9H16ClN5. The van der Waals surface area contributed by atoms with Gasteiger partial charge in [-0.2, -0.15) is 15.0 Å². The highest BCUT2D eigenvalue weighted by atomic mass is 35.5. The van der Waals surface area contributed by atoms with Crippen LogP contribution in [0.15, 0.2) is 0 Å². The molecule has 0 amide bonds. The van der Waals surface area contributed by atoms with Crippen LogP contribution in [-0.2, 0) is 0 Å². The van der Waals surface area contributed by atoms with Gasteiger partial charge >= 0.3 is 0 Å². The molecule has 1 rings (SSSR count). The maximum atomic E-state index is 5.80. The summed E-state index contributed by atoms with van der Waals surface area (Å²) < 4.78 is 0. The molecule has 0 aliphatic heterocycles. The van der Waals surface area contributed by atoms with Gasteiger partial charge in [0.25, 0.3) is 0 Å². The summed E-state index contributed by atoms with van der Waals surface area (Å²) >= 11 is 5.80. The predicted octanol–water partition coefficient (Wildman–Crippen LogP) is 1.80. The van der Waals surface area contributed by atoms with Gasteiger partial charge in [0.15, 0.2) is 0 Å². The van der Waals surface area contributed by atoms with Crippen LogP contribution in [0.2, 0.25) is 5.28 Å². The number of aromatic nitrogens is 3. The third kappa shape index (κ3) is 3.51. The van der Waals surface area contributed by atoms with E-state index in [2.05, 4.69) is 27.2 Å². The maximum Gasteiger partial charge on any atom is 0.231 e. The van der Waals surface area contributed by atoms with Crippen LogP contribution in [0.25, 0.3) is 0 Å². The van der Waals surface area contributed by atoms with E-state index in [0.717, 1.165) is 19.5 Å². The van der Waals surface area contributed by atoms with Crippen LogP contribution in [0.5, 0.6) is 0 Å². The second kappa shape index (κ2) is 5.70. The Kier molecular flexibility index (Phi) is 4.55. The van der Waals surface area contributed by atoms with Crippen LogP contribution in [0, 0.1) is 0 Å². The minimum absolute atomic E-state index is 0.221. The van der Waals surface area contributed by atoms with Gasteiger partial charge in [0.1, 0.15) is 0 Å². The van der Waals surface area contributed by atoms with E-state index in [-0.39, 0.29) is 5.28 Å². The molecule has 0 aliphatic rings. The normalized spacial score (nSPS) is 10.1. The Hall–Kier alpha value is -1.10. The minimum Gasteiger partial charge on any atom is -0.354 e. The zero-order chi connectivity index (χ0) is 11.3. The predicted molar refractivity (Wildman–Crippen MR) is 62.6 cm³/mol. The standard InChI is InChI=1S/C9H16ClN5/c1-4-6-15(3)9-13-7(10)12-8(14-9)11-5-2/h4-6H2,1-3H3,(H,11,12,13,14). The summed E-state index contributed by atoms with van der Waals surface area (Å²) in [7, 11) is 1.94. The fourth-order valence-corrected chi connectivity index (χ4v) is 1.34. The molecule has 0 bridgehead atoms. The van der Waals surface area contributed by atoms with Gasteiger partial charge in [-0.25, -0.2) is 0 Å². The van der Waals surface area contributed by atoms with E-state index in [9.17, 15) is 0 Å². The number of rotatable bonds is 5. The fraction of sp³-hybridized carbons (Fsp3) is 0.667. The summed E-state index contributed by atoms with van der Waals surface area (Å²) in [6, 6.07) is 0. The molecule has 1 N–H and O–H groups in total. The van der Waals surface area contributed by atoms with Gasteiger partial charge in [-0.1, -0.05) is 6.92 Å². The lowest BCUT2D eigenvalue weighted by Crippen LogP contribution is -2.21. The highest BCUT2D eigenvalue weighted by molar-refractivity contribution is 6.28. The summed E-state index contributed by atoms with van der Waals surface area (Å²) in [4.78, 5) is 14.2. The third-order valence-electron chi connectivity index (χ3n) is 1.83. The van der Waals surface area contributed by atoms with Crippen LogP contribution in [-0.4, -0.2) is 35.1 Å². The summed E-state index contributed by atoms with van der Waals surface area (Å²) in [6.07, 6.45) is 1.04.